The standard InChI is InChI=1S/C14H26N2O3/c1-11-4-2-3-5-13(11)19-9-7-16-6-8-18-10-12(16)14(15)17/h11-13H,2-10H2,1H3,(H2,15,17). The van der Waals surface area contributed by atoms with Gasteiger partial charge in [0.25, 0.3) is 0 Å². The number of primary amides is 1. The van der Waals surface area contributed by atoms with Gasteiger partial charge in [-0.1, -0.05) is 19.8 Å². The van der Waals surface area contributed by atoms with E-state index in [9.17, 15) is 4.79 Å². The molecule has 5 heteroatoms. The molecule has 1 amide bonds. The number of rotatable bonds is 5. The zero-order valence-corrected chi connectivity index (χ0v) is 11.8. The molecule has 0 radical (unpaired) electrons. The number of carbonyl (C=O) groups excluding carboxylic acids is 1. The van der Waals surface area contributed by atoms with Crippen molar-refractivity contribution >= 4 is 5.91 Å². The maximum atomic E-state index is 11.3. The van der Waals surface area contributed by atoms with Gasteiger partial charge in [-0.05, 0) is 18.8 Å². The van der Waals surface area contributed by atoms with Gasteiger partial charge in [0.1, 0.15) is 6.04 Å². The summed E-state index contributed by atoms with van der Waals surface area (Å²) >= 11 is 0. The summed E-state index contributed by atoms with van der Waals surface area (Å²) in [5, 5.41) is 0. The van der Waals surface area contributed by atoms with Gasteiger partial charge in [0.05, 0.1) is 25.9 Å². The summed E-state index contributed by atoms with van der Waals surface area (Å²) in [7, 11) is 0. The van der Waals surface area contributed by atoms with Gasteiger partial charge >= 0.3 is 0 Å². The Bertz CT molecular complexity index is 298. The lowest BCUT2D eigenvalue weighted by Crippen LogP contribution is -2.53. The molecule has 1 saturated carbocycles. The van der Waals surface area contributed by atoms with Crippen LogP contribution in [0.1, 0.15) is 32.6 Å². The van der Waals surface area contributed by atoms with Crippen molar-refractivity contribution in [2.24, 2.45) is 11.7 Å². The number of nitrogens with zero attached hydrogens (tertiary/aromatic N) is 1. The minimum Gasteiger partial charge on any atom is -0.378 e. The number of ether oxygens (including phenoxy) is 2. The van der Waals surface area contributed by atoms with Crippen molar-refractivity contribution < 1.29 is 14.3 Å². The Morgan fingerprint density at radius 1 is 1.42 bits per heavy atom. The molecule has 1 aliphatic heterocycles. The van der Waals surface area contributed by atoms with Gasteiger partial charge in [-0.2, -0.15) is 0 Å². The van der Waals surface area contributed by atoms with E-state index in [-0.39, 0.29) is 11.9 Å². The molecule has 0 bridgehead atoms. The summed E-state index contributed by atoms with van der Waals surface area (Å²) < 4.78 is 11.3. The molecular weight excluding hydrogens is 244 g/mol. The number of hydrogen-bond acceptors (Lipinski definition) is 4. The van der Waals surface area contributed by atoms with Crippen molar-refractivity contribution in [2.45, 2.75) is 44.8 Å². The highest BCUT2D eigenvalue weighted by Crippen LogP contribution is 2.26. The van der Waals surface area contributed by atoms with Crippen LogP contribution < -0.4 is 5.73 Å². The largest absolute Gasteiger partial charge is 0.378 e. The molecule has 2 rings (SSSR count). The van der Waals surface area contributed by atoms with Crippen LogP contribution in [-0.2, 0) is 14.3 Å². The monoisotopic (exact) mass is 270 g/mol. The van der Waals surface area contributed by atoms with Crippen LogP contribution in [0.2, 0.25) is 0 Å². The Hall–Kier alpha value is -0.650. The maximum Gasteiger partial charge on any atom is 0.237 e. The summed E-state index contributed by atoms with van der Waals surface area (Å²) in [4.78, 5) is 13.4. The van der Waals surface area contributed by atoms with Crippen LogP contribution in [0.25, 0.3) is 0 Å². The van der Waals surface area contributed by atoms with E-state index in [0.29, 0.717) is 31.8 Å². The van der Waals surface area contributed by atoms with Crippen molar-refractivity contribution in [1.29, 1.82) is 0 Å². The zero-order valence-electron chi connectivity index (χ0n) is 11.8. The molecule has 1 heterocycles. The van der Waals surface area contributed by atoms with E-state index in [1.807, 2.05) is 0 Å². The summed E-state index contributed by atoms with van der Waals surface area (Å²) in [6, 6.07) is -0.291. The molecule has 0 spiro atoms. The summed E-state index contributed by atoms with van der Waals surface area (Å²) in [5.74, 6) is 0.358. The number of nitrogens with two attached hydrogens (primary N) is 1. The first-order chi connectivity index (χ1) is 9.18. The second-order valence-electron chi connectivity index (χ2n) is 5.70. The topological polar surface area (TPSA) is 64.8 Å². The van der Waals surface area contributed by atoms with Gasteiger partial charge < -0.3 is 15.2 Å². The minimum absolute atomic E-state index is 0.291. The molecule has 3 unspecified atom stereocenters. The van der Waals surface area contributed by atoms with Crippen molar-refractivity contribution in [3.05, 3.63) is 0 Å². The molecule has 1 saturated heterocycles. The molecule has 1 aliphatic carbocycles. The van der Waals surface area contributed by atoms with Crippen molar-refractivity contribution in [2.75, 3.05) is 32.9 Å². The number of hydrogen-bond donors (Lipinski definition) is 1. The number of amides is 1. The minimum atomic E-state index is -0.300. The molecule has 2 aliphatic rings. The second kappa shape index (κ2) is 7.22. The predicted octanol–water partition coefficient (Wildman–Crippen LogP) is 0.768. The average Bonchev–Trinajstić information content (AvgIpc) is 2.41. The average molecular weight is 270 g/mol. The molecule has 5 nitrogen and oxygen atoms in total. The van der Waals surface area contributed by atoms with Gasteiger partial charge in [0.2, 0.25) is 5.91 Å². The first-order valence-electron chi connectivity index (χ1n) is 7.41. The third kappa shape index (κ3) is 4.16. The first-order valence-corrected chi connectivity index (χ1v) is 7.41. The quantitative estimate of drug-likeness (QED) is 0.801. The highest BCUT2D eigenvalue weighted by Gasteiger charge is 2.28. The molecule has 3 atom stereocenters. The lowest BCUT2D eigenvalue weighted by atomic mass is 9.88. The van der Waals surface area contributed by atoms with E-state index >= 15 is 0 Å². The van der Waals surface area contributed by atoms with Crippen LogP contribution in [0, 0.1) is 5.92 Å². The fourth-order valence-corrected chi connectivity index (χ4v) is 3.02. The Morgan fingerprint density at radius 3 is 2.95 bits per heavy atom. The van der Waals surface area contributed by atoms with E-state index in [0.717, 1.165) is 13.1 Å². The van der Waals surface area contributed by atoms with E-state index < -0.39 is 0 Å². The van der Waals surface area contributed by atoms with E-state index in [4.69, 9.17) is 15.2 Å². The van der Waals surface area contributed by atoms with Gasteiger partial charge in [-0.3, -0.25) is 9.69 Å². The molecule has 0 aromatic heterocycles. The third-order valence-corrected chi connectivity index (χ3v) is 4.31. The Labute approximate surface area is 115 Å². The van der Waals surface area contributed by atoms with Gasteiger partial charge in [0.15, 0.2) is 0 Å². The van der Waals surface area contributed by atoms with Crippen molar-refractivity contribution in [3.63, 3.8) is 0 Å². The molecule has 110 valence electrons. The summed E-state index contributed by atoms with van der Waals surface area (Å²) in [5.41, 5.74) is 5.39. The fraction of sp³-hybridized carbons (Fsp3) is 0.929. The molecular formula is C14H26N2O3. The smallest absolute Gasteiger partial charge is 0.237 e. The van der Waals surface area contributed by atoms with Gasteiger partial charge in [0, 0.05) is 13.1 Å². The lowest BCUT2D eigenvalue weighted by Gasteiger charge is -2.34. The molecule has 0 aromatic carbocycles. The Kier molecular flexibility index (Phi) is 5.60. The second-order valence-corrected chi connectivity index (χ2v) is 5.70. The van der Waals surface area contributed by atoms with Gasteiger partial charge in [-0.15, -0.1) is 0 Å². The van der Waals surface area contributed by atoms with Crippen LogP contribution in [0.4, 0.5) is 0 Å². The molecule has 2 N–H and O–H groups in total. The van der Waals surface area contributed by atoms with E-state index in [2.05, 4.69) is 11.8 Å². The lowest BCUT2D eigenvalue weighted by molar-refractivity contribution is -0.130. The SMILES string of the molecule is CC1CCCCC1OCCN1CCOCC1C(N)=O. The van der Waals surface area contributed by atoms with Crippen molar-refractivity contribution in [3.8, 4) is 0 Å². The number of carbonyl (C=O) groups is 1. The molecule has 0 aromatic rings. The van der Waals surface area contributed by atoms with E-state index in [1.54, 1.807) is 0 Å². The fourth-order valence-electron chi connectivity index (χ4n) is 3.02. The normalized spacial score (nSPS) is 33.2. The van der Waals surface area contributed by atoms with Gasteiger partial charge in [-0.25, -0.2) is 0 Å². The third-order valence-electron chi connectivity index (χ3n) is 4.31. The van der Waals surface area contributed by atoms with Crippen LogP contribution in [-0.4, -0.2) is 55.9 Å². The van der Waals surface area contributed by atoms with Crippen LogP contribution in [0.15, 0.2) is 0 Å². The highest BCUT2D eigenvalue weighted by atomic mass is 16.5. The first kappa shape index (κ1) is 14.8. The molecule has 19 heavy (non-hydrogen) atoms. The summed E-state index contributed by atoms with van der Waals surface area (Å²) in [6.45, 7) is 5.56. The van der Waals surface area contributed by atoms with Crippen LogP contribution in [0.5, 0.6) is 0 Å². The number of morpholine rings is 1. The highest BCUT2D eigenvalue weighted by molar-refractivity contribution is 5.80. The van der Waals surface area contributed by atoms with Crippen LogP contribution >= 0.6 is 0 Å². The predicted molar refractivity (Wildman–Crippen MR) is 72.7 cm³/mol. The van der Waals surface area contributed by atoms with Crippen LogP contribution in [0.3, 0.4) is 0 Å². The zero-order chi connectivity index (χ0) is 13.7. The molecule has 2 fully saturated rings. The van der Waals surface area contributed by atoms with E-state index in [1.165, 1.54) is 25.7 Å². The van der Waals surface area contributed by atoms with Crippen molar-refractivity contribution in [1.82, 2.24) is 4.90 Å². The Balaban J connectivity index is 1.73. The maximum absolute atomic E-state index is 11.3. The summed E-state index contributed by atoms with van der Waals surface area (Å²) in [6.07, 6.45) is 5.43. The Morgan fingerprint density at radius 2 is 2.21 bits per heavy atom.